The third-order valence-corrected chi connectivity index (χ3v) is 4.63. The maximum atomic E-state index is 13.0. The molecular formula is C17H25ClFN3O. The molecule has 6 heteroatoms. The molecule has 1 unspecified atom stereocenters. The molecule has 3 rings (SSSR count). The second kappa shape index (κ2) is 8.62. The minimum atomic E-state index is -0.212. The first-order valence-electron chi connectivity index (χ1n) is 8.22. The molecule has 1 atom stereocenters. The highest BCUT2D eigenvalue weighted by atomic mass is 35.5. The molecule has 1 aromatic carbocycles. The fourth-order valence-corrected chi connectivity index (χ4v) is 3.38. The Hall–Kier alpha value is -1.17. The van der Waals surface area contributed by atoms with Crippen molar-refractivity contribution in [1.29, 1.82) is 0 Å². The summed E-state index contributed by atoms with van der Waals surface area (Å²) in [4.78, 5) is 17.1. The fourth-order valence-electron chi connectivity index (χ4n) is 3.38. The molecule has 1 N–H and O–H groups in total. The second-order valence-electron chi connectivity index (χ2n) is 6.18. The number of piperidine rings is 1. The van der Waals surface area contributed by atoms with E-state index in [0.29, 0.717) is 0 Å². The number of nitrogens with one attached hydrogen (secondary N) is 1. The summed E-state index contributed by atoms with van der Waals surface area (Å²) in [6.07, 6.45) is 3.18. The monoisotopic (exact) mass is 341 g/mol. The SMILES string of the molecule is Cl.O=C(C1CCCCN1Cc1ccc(F)cc1)N1CCNCC1. The van der Waals surface area contributed by atoms with Crippen molar-refractivity contribution in [3.63, 3.8) is 0 Å². The van der Waals surface area contributed by atoms with Gasteiger partial charge < -0.3 is 10.2 Å². The molecule has 0 aromatic heterocycles. The topological polar surface area (TPSA) is 35.6 Å². The largest absolute Gasteiger partial charge is 0.339 e. The molecule has 1 aromatic rings. The number of benzene rings is 1. The van der Waals surface area contributed by atoms with E-state index < -0.39 is 0 Å². The lowest BCUT2D eigenvalue weighted by Gasteiger charge is -2.39. The van der Waals surface area contributed by atoms with Gasteiger partial charge in [-0.05, 0) is 37.1 Å². The van der Waals surface area contributed by atoms with E-state index in [1.807, 2.05) is 17.0 Å². The van der Waals surface area contributed by atoms with Gasteiger partial charge in [-0.15, -0.1) is 12.4 Å². The van der Waals surface area contributed by atoms with Gasteiger partial charge in [-0.2, -0.15) is 0 Å². The van der Waals surface area contributed by atoms with Crippen LogP contribution in [0.5, 0.6) is 0 Å². The Kier molecular flexibility index (Phi) is 6.81. The first kappa shape index (κ1) is 18.2. The molecule has 2 aliphatic rings. The first-order valence-corrected chi connectivity index (χ1v) is 8.22. The number of rotatable bonds is 3. The summed E-state index contributed by atoms with van der Waals surface area (Å²) in [6.45, 7) is 5.05. The molecule has 128 valence electrons. The Morgan fingerprint density at radius 1 is 1.13 bits per heavy atom. The van der Waals surface area contributed by atoms with E-state index in [4.69, 9.17) is 0 Å². The minimum Gasteiger partial charge on any atom is -0.339 e. The molecular weight excluding hydrogens is 317 g/mol. The van der Waals surface area contributed by atoms with Crippen molar-refractivity contribution < 1.29 is 9.18 Å². The Morgan fingerprint density at radius 2 is 1.83 bits per heavy atom. The number of halogens is 2. The van der Waals surface area contributed by atoms with Crippen LogP contribution in [0.2, 0.25) is 0 Å². The lowest BCUT2D eigenvalue weighted by molar-refractivity contribution is -0.139. The van der Waals surface area contributed by atoms with Gasteiger partial charge >= 0.3 is 0 Å². The van der Waals surface area contributed by atoms with Gasteiger partial charge in [0, 0.05) is 32.7 Å². The zero-order chi connectivity index (χ0) is 15.4. The van der Waals surface area contributed by atoms with E-state index >= 15 is 0 Å². The van der Waals surface area contributed by atoms with Crippen LogP contribution in [-0.2, 0) is 11.3 Å². The third kappa shape index (κ3) is 4.66. The molecule has 2 heterocycles. The molecule has 0 saturated carbocycles. The molecule has 4 nitrogen and oxygen atoms in total. The van der Waals surface area contributed by atoms with Crippen LogP contribution < -0.4 is 5.32 Å². The van der Waals surface area contributed by atoms with Crippen LogP contribution in [0.15, 0.2) is 24.3 Å². The van der Waals surface area contributed by atoms with Crippen molar-refractivity contribution in [2.75, 3.05) is 32.7 Å². The third-order valence-electron chi connectivity index (χ3n) is 4.63. The number of nitrogens with zero attached hydrogens (tertiary/aromatic N) is 2. The highest BCUT2D eigenvalue weighted by Gasteiger charge is 2.32. The van der Waals surface area contributed by atoms with Gasteiger partial charge in [0.1, 0.15) is 5.82 Å². The number of amides is 1. The van der Waals surface area contributed by atoms with Crippen molar-refractivity contribution in [3.05, 3.63) is 35.6 Å². The van der Waals surface area contributed by atoms with Crippen LogP contribution in [0.3, 0.4) is 0 Å². The summed E-state index contributed by atoms with van der Waals surface area (Å²) in [5.74, 6) is 0.0548. The number of hydrogen-bond donors (Lipinski definition) is 1. The Morgan fingerprint density at radius 3 is 2.52 bits per heavy atom. The molecule has 0 radical (unpaired) electrons. The fraction of sp³-hybridized carbons (Fsp3) is 0.588. The molecule has 0 aliphatic carbocycles. The smallest absolute Gasteiger partial charge is 0.240 e. The maximum absolute atomic E-state index is 13.0. The van der Waals surface area contributed by atoms with Crippen LogP contribution in [0.4, 0.5) is 4.39 Å². The summed E-state index contributed by atoms with van der Waals surface area (Å²) >= 11 is 0. The van der Waals surface area contributed by atoms with E-state index in [9.17, 15) is 9.18 Å². The molecule has 1 amide bonds. The van der Waals surface area contributed by atoms with Crippen LogP contribution in [0.1, 0.15) is 24.8 Å². The van der Waals surface area contributed by atoms with Gasteiger partial charge in [0.15, 0.2) is 0 Å². The molecule has 2 fully saturated rings. The molecule has 0 bridgehead atoms. The van der Waals surface area contributed by atoms with Crippen molar-refractivity contribution in [2.45, 2.75) is 31.8 Å². The van der Waals surface area contributed by atoms with Gasteiger partial charge in [-0.1, -0.05) is 18.6 Å². The summed E-state index contributed by atoms with van der Waals surface area (Å²) in [5, 5.41) is 3.29. The lowest BCUT2D eigenvalue weighted by atomic mass is 9.99. The normalized spacial score (nSPS) is 22.5. The van der Waals surface area contributed by atoms with Crippen molar-refractivity contribution >= 4 is 18.3 Å². The average molecular weight is 342 g/mol. The van der Waals surface area contributed by atoms with Gasteiger partial charge in [-0.25, -0.2) is 4.39 Å². The summed E-state index contributed by atoms with van der Waals surface area (Å²) < 4.78 is 13.0. The van der Waals surface area contributed by atoms with E-state index in [1.54, 1.807) is 0 Å². The Bertz CT molecular complexity index is 505. The van der Waals surface area contributed by atoms with E-state index in [2.05, 4.69) is 10.2 Å². The number of carbonyl (C=O) groups excluding carboxylic acids is 1. The van der Waals surface area contributed by atoms with Crippen molar-refractivity contribution in [2.24, 2.45) is 0 Å². The minimum absolute atomic E-state index is 0. The Labute approximate surface area is 143 Å². The summed E-state index contributed by atoms with van der Waals surface area (Å²) in [5.41, 5.74) is 1.07. The maximum Gasteiger partial charge on any atom is 0.240 e. The van der Waals surface area contributed by atoms with Gasteiger partial charge in [0.2, 0.25) is 5.91 Å². The molecule has 23 heavy (non-hydrogen) atoms. The standard InChI is InChI=1S/C17H24FN3O.ClH/c18-15-6-4-14(5-7-15)13-21-10-2-1-3-16(21)17(22)20-11-8-19-9-12-20;/h4-7,16,19H,1-3,8-13H2;1H. The van der Waals surface area contributed by atoms with Crippen LogP contribution >= 0.6 is 12.4 Å². The number of likely N-dealkylation sites (tertiary alicyclic amines) is 1. The molecule has 0 spiro atoms. The van der Waals surface area contributed by atoms with Crippen LogP contribution in [-0.4, -0.2) is 54.5 Å². The lowest BCUT2D eigenvalue weighted by Crippen LogP contribution is -2.55. The predicted molar refractivity (Wildman–Crippen MR) is 91.1 cm³/mol. The summed E-state index contributed by atoms with van der Waals surface area (Å²) in [6, 6.07) is 6.60. The van der Waals surface area contributed by atoms with Gasteiger partial charge in [-0.3, -0.25) is 9.69 Å². The number of hydrogen-bond acceptors (Lipinski definition) is 3. The van der Waals surface area contributed by atoms with E-state index in [1.165, 1.54) is 12.1 Å². The van der Waals surface area contributed by atoms with Gasteiger partial charge in [0.25, 0.3) is 0 Å². The first-order chi connectivity index (χ1) is 10.7. The van der Waals surface area contributed by atoms with E-state index in [0.717, 1.165) is 64.1 Å². The highest BCUT2D eigenvalue weighted by Crippen LogP contribution is 2.21. The number of carbonyl (C=O) groups is 1. The quantitative estimate of drug-likeness (QED) is 0.913. The van der Waals surface area contributed by atoms with Gasteiger partial charge in [0.05, 0.1) is 6.04 Å². The zero-order valence-corrected chi connectivity index (χ0v) is 14.2. The predicted octanol–water partition coefficient (Wildman–Crippen LogP) is 2.03. The van der Waals surface area contributed by atoms with Crippen molar-refractivity contribution in [3.8, 4) is 0 Å². The molecule has 2 aliphatic heterocycles. The number of piperazine rings is 1. The second-order valence-corrected chi connectivity index (χ2v) is 6.18. The van der Waals surface area contributed by atoms with Crippen LogP contribution in [0.25, 0.3) is 0 Å². The zero-order valence-electron chi connectivity index (χ0n) is 13.3. The Balaban J connectivity index is 0.00000192. The highest BCUT2D eigenvalue weighted by molar-refractivity contribution is 5.85. The van der Waals surface area contributed by atoms with E-state index in [-0.39, 0.29) is 30.2 Å². The summed E-state index contributed by atoms with van der Waals surface area (Å²) in [7, 11) is 0. The van der Waals surface area contributed by atoms with Crippen LogP contribution in [0, 0.1) is 5.82 Å². The van der Waals surface area contributed by atoms with Crippen molar-refractivity contribution in [1.82, 2.24) is 15.1 Å². The average Bonchev–Trinajstić information content (AvgIpc) is 2.58. The molecule has 2 saturated heterocycles.